The van der Waals surface area contributed by atoms with E-state index in [4.69, 9.17) is 0 Å². The molecule has 0 aliphatic rings. The van der Waals surface area contributed by atoms with E-state index in [2.05, 4.69) is 55.6 Å². The highest BCUT2D eigenvalue weighted by atomic mass is 16.3. The molecule has 0 spiro atoms. The Morgan fingerprint density at radius 1 is 0.369 bits per heavy atom. The van der Waals surface area contributed by atoms with Crippen molar-refractivity contribution in [3.63, 3.8) is 0 Å². The van der Waals surface area contributed by atoms with Crippen molar-refractivity contribution in [2.24, 2.45) is 0 Å². The van der Waals surface area contributed by atoms with Crippen LogP contribution in [0.25, 0.3) is 0 Å². The molecule has 65 heavy (non-hydrogen) atoms. The van der Waals surface area contributed by atoms with E-state index < -0.39 is 12.1 Å². The number of carbonyl (C=O) groups is 1. The first-order valence-electron chi connectivity index (χ1n) is 29.7. The van der Waals surface area contributed by atoms with E-state index in [-0.39, 0.29) is 12.5 Å². The lowest BCUT2D eigenvalue weighted by Crippen LogP contribution is -2.45. The summed E-state index contributed by atoms with van der Waals surface area (Å²) in [6, 6.07) is -0.540. The van der Waals surface area contributed by atoms with Crippen LogP contribution in [0.5, 0.6) is 0 Å². The largest absolute Gasteiger partial charge is 0.394 e. The zero-order valence-electron chi connectivity index (χ0n) is 44.3. The van der Waals surface area contributed by atoms with Crippen LogP contribution in [-0.4, -0.2) is 34.9 Å². The summed E-state index contributed by atoms with van der Waals surface area (Å²) >= 11 is 0. The maximum Gasteiger partial charge on any atom is 0.220 e. The van der Waals surface area contributed by atoms with E-state index in [0.717, 1.165) is 38.5 Å². The average Bonchev–Trinajstić information content (AvgIpc) is 3.31. The molecule has 0 aliphatic carbocycles. The minimum atomic E-state index is -0.663. The van der Waals surface area contributed by atoms with Crippen LogP contribution >= 0.6 is 0 Å². The summed E-state index contributed by atoms with van der Waals surface area (Å²) < 4.78 is 0. The molecule has 0 rings (SSSR count). The fourth-order valence-electron chi connectivity index (χ4n) is 9.37. The Morgan fingerprint density at radius 2 is 0.631 bits per heavy atom. The predicted molar refractivity (Wildman–Crippen MR) is 290 cm³/mol. The topological polar surface area (TPSA) is 69.6 Å². The molecule has 3 N–H and O–H groups in total. The van der Waals surface area contributed by atoms with Gasteiger partial charge in [0.1, 0.15) is 0 Å². The molecule has 0 fully saturated rings. The number of carbonyl (C=O) groups excluding carboxylic acids is 1. The second-order valence-electron chi connectivity index (χ2n) is 20.4. The number of aliphatic hydroxyl groups is 2. The molecule has 1 amide bonds. The highest BCUT2D eigenvalue weighted by Gasteiger charge is 2.20. The number of hydrogen-bond donors (Lipinski definition) is 3. The highest BCUT2D eigenvalue weighted by Crippen LogP contribution is 2.18. The maximum atomic E-state index is 12.5. The molecule has 384 valence electrons. The van der Waals surface area contributed by atoms with E-state index in [9.17, 15) is 15.0 Å². The van der Waals surface area contributed by atoms with Crippen LogP contribution in [0.15, 0.2) is 36.5 Å². The molecule has 0 saturated carbocycles. The first-order chi connectivity index (χ1) is 32.2. The van der Waals surface area contributed by atoms with Crippen LogP contribution in [-0.2, 0) is 4.79 Å². The summed E-state index contributed by atoms with van der Waals surface area (Å²) in [5.41, 5.74) is 0. The number of aliphatic hydroxyl groups excluding tert-OH is 2. The molecule has 0 aliphatic heterocycles. The van der Waals surface area contributed by atoms with Gasteiger partial charge in [0.2, 0.25) is 5.91 Å². The van der Waals surface area contributed by atoms with E-state index in [1.54, 1.807) is 0 Å². The van der Waals surface area contributed by atoms with Crippen LogP contribution in [0, 0.1) is 0 Å². The van der Waals surface area contributed by atoms with Crippen molar-refractivity contribution in [1.82, 2.24) is 5.32 Å². The summed E-state index contributed by atoms with van der Waals surface area (Å²) in [5.74, 6) is -0.0312. The van der Waals surface area contributed by atoms with Gasteiger partial charge >= 0.3 is 0 Å². The van der Waals surface area contributed by atoms with Crippen molar-refractivity contribution < 1.29 is 15.0 Å². The number of unbranched alkanes of at least 4 members (excludes halogenated alkanes) is 42. The van der Waals surface area contributed by atoms with E-state index in [0.29, 0.717) is 12.8 Å². The third-order valence-corrected chi connectivity index (χ3v) is 13.9. The van der Waals surface area contributed by atoms with Crippen LogP contribution < -0.4 is 5.32 Å². The Labute approximate surface area is 408 Å². The van der Waals surface area contributed by atoms with Gasteiger partial charge in [-0.25, -0.2) is 0 Å². The summed E-state index contributed by atoms with van der Waals surface area (Å²) in [6.07, 6.45) is 77.1. The van der Waals surface area contributed by atoms with Gasteiger partial charge in [-0.05, 0) is 51.4 Å². The predicted octanol–water partition coefficient (Wildman–Crippen LogP) is 19.6. The SMILES string of the molecule is CCCCCCC/C=C\C/C=C\C/C=C\CCCCCCCCCCCCC(=O)NC(CO)C(O)CCCCCCCCCCCCCCCCCCCCCCCCCCCCCC. The molecule has 0 bridgehead atoms. The van der Waals surface area contributed by atoms with E-state index >= 15 is 0 Å². The van der Waals surface area contributed by atoms with Gasteiger partial charge in [0.25, 0.3) is 0 Å². The first kappa shape index (κ1) is 63.6. The van der Waals surface area contributed by atoms with Crippen LogP contribution in [0.2, 0.25) is 0 Å². The van der Waals surface area contributed by atoms with Crippen molar-refractivity contribution >= 4 is 5.91 Å². The molecule has 0 heterocycles. The summed E-state index contributed by atoms with van der Waals surface area (Å²) in [5, 5.41) is 23.4. The van der Waals surface area contributed by atoms with Crippen LogP contribution in [0.1, 0.15) is 328 Å². The van der Waals surface area contributed by atoms with Crippen molar-refractivity contribution in [3.8, 4) is 0 Å². The van der Waals surface area contributed by atoms with Gasteiger partial charge in [-0.1, -0.05) is 307 Å². The summed E-state index contributed by atoms with van der Waals surface area (Å²) in [7, 11) is 0. The lowest BCUT2D eigenvalue weighted by Gasteiger charge is -2.22. The average molecular weight is 913 g/mol. The van der Waals surface area contributed by atoms with Crippen LogP contribution in [0.4, 0.5) is 0 Å². The molecule has 0 aromatic rings. The smallest absolute Gasteiger partial charge is 0.220 e. The summed E-state index contributed by atoms with van der Waals surface area (Å²) in [6.45, 7) is 4.38. The molecule has 0 aromatic heterocycles. The first-order valence-corrected chi connectivity index (χ1v) is 29.7. The molecule has 2 atom stereocenters. The number of allylic oxidation sites excluding steroid dienone is 6. The molecule has 4 heteroatoms. The second-order valence-corrected chi connectivity index (χ2v) is 20.4. The number of nitrogens with one attached hydrogen (secondary N) is 1. The minimum Gasteiger partial charge on any atom is -0.394 e. The Hall–Kier alpha value is -1.39. The van der Waals surface area contributed by atoms with Gasteiger partial charge < -0.3 is 15.5 Å². The quantitative estimate of drug-likeness (QED) is 0.0421. The molecule has 0 radical (unpaired) electrons. The van der Waals surface area contributed by atoms with Gasteiger partial charge in [-0.3, -0.25) is 4.79 Å². The Morgan fingerprint density at radius 3 is 0.938 bits per heavy atom. The zero-order chi connectivity index (χ0) is 47.0. The molecule has 4 nitrogen and oxygen atoms in total. The Kier molecular flexibility index (Phi) is 55.7. The standard InChI is InChI=1S/C61H117NO3/c1-3-5-7-9-11-13-15-17-19-21-23-25-27-29-30-31-33-34-36-38-40-42-44-46-48-50-52-54-56-60(64)59(58-63)62-61(65)57-55-53-51-49-47-45-43-41-39-37-35-32-28-26-24-22-20-18-16-14-12-10-8-6-4-2/h16,18,22,24,28,32,59-60,63-64H,3-15,17,19-21,23,25-27,29-31,33-58H2,1-2H3,(H,62,65)/b18-16-,24-22-,32-28-. The number of amides is 1. The van der Waals surface area contributed by atoms with E-state index in [1.165, 1.54) is 263 Å². The van der Waals surface area contributed by atoms with E-state index in [1.807, 2.05) is 0 Å². The number of hydrogen-bond acceptors (Lipinski definition) is 3. The van der Waals surface area contributed by atoms with Gasteiger partial charge in [0.15, 0.2) is 0 Å². The van der Waals surface area contributed by atoms with Crippen molar-refractivity contribution in [1.29, 1.82) is 0 Å². The third kappa shape index (κ3) is 53.4. The van der Waals surface area contributed by atoms with Gasteiger partial charge in [-0.2, -0.15) is 0 Å². The van der Waals surface area contributed by atoms with Gasteiger partial charge in [-0.15, -0.1) is 0 Å². The monoisotopic (exact) mass is 912 g/mol. The fourth-order valence-corrected chi connectivity index (χ4v) is 9.37. The molecule has 2 unspecified atom stereocenters. The fraction of sp³-hybridized carbons (Fsp3) is 0.885. The number of rotatable bonds is 55. The van der Waals surface area contributed by atoms with Crippen molar-refractivity contribution in [3.05, 3.63) is 36.5 Å². The third-order valence-electron chi connectivity index (χ3n) is 13.9. The van der Waals surface area contributed by atoms with Crippen LogP contribution in [0.3, 0.4) is 0 Å². The van der Waals surface area contributed by atoms with Crippen molar-refractivity contribution in [2.75, 3.05) is 6.61 Å². The van der Waals surface area contributed by atoms with Gasteiger partial charge in [0.05, 0.1) is 18.8 Å². The molecule has 0 aromatic carbocycles. The normalized spacial score (nSPS) is 13.0. The lowest BCUT2D eigenvalue weighted by atomic mass is 10.0. The minimum absolute atomic E-state index is 0.0312. The molecule has 0 saturated heterocycles. The second kappa shape index (κ2) is 56.9. The summed E-state index contributed by atoms with van der Waals surface area (Å²) in [4.78, 5) is 12.5. The van der Waals surface area contributed by atoms with Gasteiger partial charge in [0, 0.05) is 6.42 Å². The highest BCUT2D eigenvalue weighted by molar-refractivity contribution is 5.76. The Balaban J connectivity index is 3.45. The molecular formula is C61H117NO3. The maximum absolute atomic E-state index is 12.5. The van der Waals surface area contributed by atoms with Crippen molar-refractivity contribution in [2.45, 2.75) is 341 Å². The Bertz CT molecular complexity index is 989. The lowest BCUT2D eigenvalue weighted by molar-refractivity contribution is -0.123. The zero-order valence-corrected chi connectivity index (χ0v) is 44.3. The molecular weight excluding hydrogens is 795 g/mol.